The summed E-state index contributed by atoms with van der Waals surface area (Å²) in [5, 5.41) is 10.2. The summed E-state index contributed by atoms with van der Waals surface area (Å²) in [6, 6.07) is 7.34. The van der Waals surface area contributed by atoms with Gasteiger partial charge in [0.05, 0.1) is 0 Å². The van der Waals surface area contributed by atoms with E-state index < -0.39 is 5.60 Å². The summed E-state index contributed by atoms with van der Waals surface area (Å²) in [6.07, 6.45) is 9.92. The van der Waals surface area contributed by atoms with E-state index in [2.05, 4.69) is 0 Å². The van der Waals surface area contributed by atoms with E-state index in [-0.39, 0.29) is 30.2 Å². The number of carbonyl (C=O) groups is 3. The van der Waals surface area contributed by atoms with Crippen LogP contribution < -0.4 is 0 Å². The van der Waals surface area contributed by atoms with E-state index in [9.17, 15) is 19.5 Å². The number of ketones is 3. The molecule has 4 nitrogen and oxygen atoms in total. The average molecular weight is 338 g/mol. The van der Waals surface area contributed by atoms with Crippen LogP contribution in [-0.2, 0) is 9.59 Å². The fourth-order valence-corrected chi connectivity index (χ4v) is 2.44. The predicted molar refractivity (Wildman–Crippen MR) is 96.4 cm³/mol. The molecule has 0 heterocycles. The Morgan fingerprint density at radius 2 is 1.72 bits per heavy atom. The molecule has 0 bridgehead atoms. The third kappa shape index (κ3) is 6.08. The quantitative estimate of drug-likeness (QED) is 0.583. The van der Waals surface area contributed by atoms with Crippen molar-refractivity contribution in [2.75, 3.05) is 0 Å². The summed E-state index contributed by atoms with van der Waals surface area (Å²) in [5.41, 5.74) is 0.501. The van der Waals surface area contributed by atoms with Gasteiger partial charge in [-0.25, -0.2) is 0 Å². The lowest BCUT2D eigenvalue weighted by molar-refractivity contribution is -0.119. The van der Waals surface area contributed by atoms with Gasteiger partial charge in [-0.1, -0.05) is 35.9 Å². The van der Waals surface area contributed by atoms with E-state index in [0.29, 0.717) is 18.4 Å². The number of benzene rings is 1. The molecule has 1 aromatic rings. The third-order valence-electron chi connectivity index (χ3n) is 4.07. The molecule has 4 heteroatoms. The van der Waals surface area contributed by atoms with Crippen molar-refractivity contribution in [3.05, 3.63) is 71.8 Å². The van der Waals surface area contributed by atoms with Crippen molar-refractivity contribution in [1.82, 2.24) is 0 Å². The van der Waals surface area contributed by atoms with Crippen LogP contribution in [0.4, 0.5) is 0 Å². The molecule has 0 saturated heterocycles. The first-order valence-corrected chi connectivity index (χ1v) is 8.32. The Balaban J connectivity index is 1.72. The zero-order chi connectivity index (χ0) is 18.3. The summed E-state index contributed by atoms with van der Waals surface area (Å²) in [6.45, 7) is 1.96. The normalized spacial score (nSPS) is 15.7. The number of carbonyl (C=O) groups excluding carboxylic acids is 3. The van der Waals surface area contributed by atoms with Crippen LogP contribution in [0.1, 0.15) is 41.6 Å². The number of aliphatic hydroxyl groups is 1. The summed E-state index contributed by atoms with van der Waals surface area (Å²) >= 11 is 0. The smallest absolute Gasteiger partial charge is 0.185 e. The van der Waals surface area contributed by atoms with Crippen molar-refractivity contribution in [3.8, 4) is 0 Å². The highest BCUT2D eigenvalue weighted by atomic mass is 16.3. The minimum absolute atomic E-state index is 0.0135. The van der Waals surface area contributed by atoms with Crippen LogP contribution in [0, 0.1) is 6.92 Å². The van der Waals surface area contributed by atoms with Gasteiger partial charge in [-0.05, 0) is 50.1 Å². The molecule has 0 amide bonds. The van der Waals surface area contributed by atoms with Crippen molar-refractivity contribution in [1.29, 1.82) is 0 Å². The summed E-state index contributed by atoms with van der Waals surface area (Å²) in [4.78, 5) is 34.9. The van der Waals surface area contributed by atoms with Gasteiger partial charge in [0, 0.05) is 18.4 Å². The molecule has 130 valence electrons. The maximum absolute atomic E-state index is 12.0. The predicted octanol–water partition coefficient (Wildman–Crippen LogP) is 3.29. The maximum atomic E-state index is 12.0. The number of aryl methyl sites for hydroxylation is 1. The highest BCUT2D eigenvalue weighted by Crippen LogP contribution is 2.20. The van der Waals surface area contributed by atoms with Gasteiger partial charge < -0.3 is 5.11 Å². The van der Waals surface area contributed by atoms with Crippen LogP contribution in [-0.4, -0.2) is 28.1 Å². The minimum Gasteiger partial charge on any atom is -0.382 e. The Bertz CT molecular complexity index is 720. The van der Waals surface area contributed by atoms with Crippen LogP contribution in [0.2, 0.25) is 0 Å². The second-order valence-electron chi connectivity index (χ2n) is 6.27. The Hall–Kier alpha value is -2.59. The molecule has 1 aliphatic rings. The zero-order valence-electron chi connectivity index (χ0n) is 14.3. The van der Waals surface area contributed by atoms with Crippen molar-refractivity contribution in [2.24, 2.45) is 0 Å². The summed E-state index contributed by atoms with van der Waals surface area (Å²) in [5.74, 6) is -0.233. The molecule has 0 fully saturated rings. The molecule has 0 spiro atoms. The fraction of sp³-hybridized carbons (Fsp3) is 0.286. The molecule has 0 radical (unpaired) electrons. The molecule has 0 atom stereocenters. The lowest BCUT2D eigenvalue weighted by atomic mass is 9.91. The summed E-state index contributed by atoms with van der Waals surface area (Å²) < 4.78 is 0. The first-order valence-electron chi connectivity index (χ1n) is 8.32. The van der Waals surface area contributed by atoms with Crippen molar-refractivity contribution >= 4 is 17.3 Å². The Kier molecular flexibility index (Phi) is 6.37. The van der Waals surface area contributed by atoms with E-state index in [4.69, 9.17) is 0 Å². The lowest BCUT2D eigenvalue weighted by Gasteiger charge is -2.21. The maximum Gasteiger partial charge on any atom is 0.185 e. The highest BCUT2D eigenvalue weighted by Gasteiger charge is 2.23. The first-order chi connectivity index (χ1) is 11.9. The SMILES string of the molecule is Cc1ccc(C(=O)/C=C/CCC(=O)CCC2(O)C=CC(=O)C=C2)cc1. The van der Waals surface area contributed by atoms with Crippen LogP contribution in [0.5, 0.6) is 0 Å². The Morgan fingerprint density at radius 1 is 1.08 bits per heavy atom. The van der Waals surface area contributed by atoms with Crippen molar-refractivity contribution in [3.63, 3.8) is 0 Å². The number of allylic oxidation sites excluding steroid dienone is 4. The van der Waals surface area contributed by atoms with Crippen molar-refractivity contribution in [2.45, 2.75) is 38.2 Å². The number of Topliss-reactive ketones (excluding diaryl/α,β-unsaturated/α-hetero) is 1. The van der Waals surface area contributed by atoms with E-state index in [1.165, 1.54) is 30.4 Å². The van der Waals surface area contributed by atoms with Gasteiger partial charge in [-0.15, -0.1) is 0 Å². The second-order valence-corrected chi connectivity index (χ2v) is 6.27. The van der Waals surface area contributed by atoms with E-state index in [1.807, 2.05) is 19.1 Å². The van der Waals surface area contributed by atoms with Gasteiger partial charge >= 0.3 is 0 Å². The summed E-state index contributed by atoms with van der Waals surface area (Å²) in [7, 11) is 0. The van der Waals surface area contributed by atoms with E-state index >= 15 is 0 Å². The average Bonchev–Trinajstić information content (AvgIpc) is 2.60. The Labute approximate surface area is 147 Å². The molecule has 0 aliphatic heterocycles. The zero-order valence-corrected chi connectivity index (χ0v) is 14.3. The largest absolute Gasteiger partial charge is 0.382 e. The lowest BCUT2D eigenvalue weighted by Crippen LogP contribution is -2.26. The number of hydrogen-bond donors (Lipinski definition) is 1. The van der Waals surface area contributed by atoms with Crippen LogP contribution >= 0.6 is 0 Å². The van der Waals surface area contributed by atoms with E-state index in [1.54, 1.807) is 18.2 Å². The molecule has 0 aromatic heterocycles. The second kappa shape index (κ2) is 8.49. The molecule has 1 aliphatic carbocycles. The molecule has 1 aromatic carbocycles. The first kappa shape index (κ1) is 18.7. The molecule has 0 unspecified atom stereocenters. The fourth-order valence-electron chi connectivity index (χ4n) is 2.44. The number of hydrogen-bond acceptors (Lipinski definition) is 4. The number of rotatable bonds is 8. The topological polar surface area (TPSA) is 71.4 Å². The van der Waals surface area contributed by atoms with Crippen LogP contribution in [0.3, 0.4) is 0 Å². The van der Waals surface area contributed by atoms with Gasteiger partial charge in [0.2, 0.25) is 0 Å². The van der Waals surface area contributed by atoms with E-state index in [0.717, 1.165) is 5.56 Å². The van der Waals surface area contributed by atoms with Crippen LogP contribution in [0.25, 0.3) is 0 Å². The van der Waals surface area contributed by atoms with Gasteiger partial charge in [-0.2, -0.15) is 0 Å². The third-order valence-corrected chi connectivity index (χ3v) is 4.07. The monoisotopic (exact) mass is 338 g/mol. The molecular weight excluding hydrogens is 316 g/mol. The van der Waals surface area contributed by atoms with Crippen LogP contribution in [0.15, 0.2) is 60.7 Å². The van der Waals surface area contributed by atoms with Gasteiger partial charge in [-0.3, -0.25) is 14.4 Å². The Morgan fingerprint density at radius 3 is 2.36 bits per heavy atom. The molecular formula is C21H22O4. The van der Waals surface area contributed by atoms with Gasteiger partial charge in [0.25, 0.3) is 0 Å². The molecule has 1 N–H and O–H groups in total. The highest BCUT2D eigenvalue weighted by molar-refractivity contribution is 6.04. The molecule has 2 rings (SSSR count). The molecule has 0 saturated carbocycles. The minimum atomic E-state index is -1.22. The van der Waals surface area contributed by atoms with Gasteiger partial charge in [0.1, 0.15) is 11.4 Å². The van der Waals surface area contributed by atoms with Crippen molar-refractivity contribution < 1.29 is 19.5 Å². The standard InChI is InChI=1S/C21H22O4/c1-16-6-8-17(9-7-16)20(24)5-3-2-4-18(22)10-13-21(25)14-11-19(23)12-15-21/h3,5-9,11-12,14-15,25H,2,4,10,13H2,1H3/b5-3+. The van der Waals surface area contributed by atoms with Gasteiger partial charge in [0.15, 0.2) is 11.6 Å². The molecule has 25 heavy (non-hydrogen) atoms.